The Hall–Kier alpha value is -1.99. The highest BCUT2D eigenvalue weighted by Gasteiger charge is 2.87. The van der Waals surface area contributed by atoms with Gasteiger partial charge in [0.25, 0.3) is 0 Å². The molecule has 0 aromatic heterocycles. The fraction of sp³-hybridized carbons (Fsp3) is 0.909. The van der Waals surface area contributed by atoms with Crippen LogP contribution in [0.2, 0.25) is 0 Å². The first kappa shape index (κ1) is 30.0. The van der Waals surface area contributed by atoms with Gasteiger partial charge in [-0.3, -0.25) is 0 Å². The Kier molecular flexibility index (Phi) is 7.60. The van der Waals surface area contributed by atoms with E-state index in [1.54, 1.807) is 0 Å². The second kappa shape index (κ2) is 8.10. The van der Waals surface area contributed by atoms with Crippen molar-refractivity contribution >= 4 is 6.16 Å². The van der Waals surface area contributed by atoms with Gasteiger partial charge in [0.1, 0.15) is 0 Å². The molecule has 32 heavy (non-hydrogen) atoms. The Morgan fingerprint density at radius 2 is 0.719 bits per heavy atom. The number of carbonyl (C=O) groups is 1. The SMILES string of the molecule is O=C(OCC(F)(F)C(F)(F)C(F)(F)F)OCC(F)(F)C(F)(F)C(F)(F)C(F)(F)C(F)(F)F. The van der Waals surface area contributed by atoms with Crippen LogP contribution < -0.4 is 0 Å². The van der Waals surface area contributed by atoms with Gasteiger partial charge in [-0.2, -0.15) is 79.0 Å². The minimum atomic E-state index is -7.91. The Morgan fingerprint density at radius 1 is 0.438 bits per heavy atom. The molecule has 0 unspecified atom stereocenters. The highest BCUT2D eigenvalue weighted by molar-refractivity contribution is 5.60. The summed E-state index contributed by atoms with van der Waals surface area (Å²) in [5.41, 5.74) is 0. The molecule has 0 aliphatic carbocycles. The van der Waals surface area contributed by atoms with Gasteiger partial charge in [-0.15, -0.1) is 0 Å². The van der Waals surface area contributed by atoms with Crippen molar-refractivity contribution in [2.75, 3.05) is 13.2 Å². The fourth-order valence-corrected chi connectivity index (χ4v) is 1.33. The number of alkyl halides is 18. The number of halogens is 18. The summed E-state index contributed by atoms with van der Waals surface area (Å²) in [6.07, 6.45) is -17.7. The molecule has 0 aliphatic heterocycles. The van der Waals surface area contributed by atoms with Crippen LogP contribution in [0.15, 0.2) is 0 Å². The average molecular weight is 526 g/mol. The zero-order chi connectivity index (χ0) is 26.4. The van der Waals surface area contributed by atoms with Gasteiger partial charge in [0.15, 0.2) is 13.2 Å². The van der Waals surface area contributed by atoms with Crippen molar-refractivity contribution in [2.45, 2.75) is 47.9 Å². The summed E-state index contributed by atoms with van der Waals surface area (Å²) in [6, 6.07) is 0. The summed E-state index contributed by atoms with van der Waals surface area (Å²) < 4.78 is 230. The van der Waals surface area contributed by atoms with Gasteiger partial charge in [0.2, 0.25) is 0 Å². The molecule has 21 heteroatoms. The lowest BCUT2D eigenvalue weighted by atomic mass is 9.98. The van der Waals surface area contributed by atoms with E-state index in [-0.39, 0.29) is 0 Å². The molecule has 0 spiro atoms. The average Bonchev–Trinajstić information content (AvgIpc) is 2.55. The van der Waals surface area contributed by atoms with E-state index in [0.29, 0.717) is 0 Å². The second-order valence-corrected chi connectivity index (χ2v) is 5.53. The molecule has 0 bridgehead atoms. The van der Waals surface area contributed by atoms with Gasteiger partial charge in [-0.25, -0.2) is 4.79 Å². The molecule has 0 atom stereocenters. The smallest absolute Gasteiger partial charge is 0.428 e. The molecule has 3 nitrogen and oxygen atoms in total. The summed E-state index contributed by atoms with van der Waals surface area (Å²) in [5.74, 6) is -43.4. The number of hydrogen-bond donors (Lipinski definition) is 0. The van der Waals surface area contributed by atoms with Gasteiger partial charge in [0.05, 0.1) is 0 Å². The van der Waals surface area contributed by atoms with E-state index >= 15 is 0 Å². The molecule has 0 aromatic carbocycles. The van der Waals surface area contributed by atoms with Crippen molar-refractivity contribution in [1.82, 2.24) is 0 Å². The largest absolute Gasteiger partial charge is 0.508 e. The molecule has 0 aromatic rings. The molecule has 0 amide bonds. The normalized spacial score (nSPS) is 15.6. The summed E-state index contributed by atoms with van der Waals surface area (Å²) in [7, 11) is 0. The van der Waals surface area contributed by atoms with Crippen LogP contribution in [0.4, 0.5) is 83.8 Å². The lowest BCUT2D eigenvalue weighted by Crippen LogP contribution is -2.67. The van der Waals surface area contributed by atoms with Crippen LogP contribution in [0, 0.1) is 0 Å². The Balaban J connectivity index is 5.42. The van der Waals surface area contributed by atoms with Crippen molar-refractivity contribution in [3.05, 3.63) is 0 Å². The van der Waals surface area contributed by atoms with E-state index in [9.17, 15) is 83.8 Å². The summed E-state index contributed by atoms with van der Waals surface area (Å²) in [6.45, 7) is -6.91. The molecule has 0 heterocycles. The van der Waals surface area contributed by atoms with Crippen molar-refractivity contribution in [1.29, 1.82) is 0 Å². The van der Waals surface area contributed by atoms with Gasteiger partial charge < -0.3 is 9.47 Å². The van der Waals surface area contributed by atoms with Crippen molar-refractivity contribution in [2.24, 2.45) is 0 Å². The fourth-order valence-electron chi connectivity index (χ4n) is 1.33. The molecule has 0 N–H and O–H groups in total. The number of hydrogen-bond acceptors (Lipinski definition) is 3. The van der Waals surface area contributed by atoms with Gasteiger partial charge in [-0.05, 0) is 0 Å². The first-order chi connectivity index (χ1) is 13.6. The highest BCUT2D eigenvalue weighted by Crippen LogP contribution is 2.57. The van der Waals surface area contributed by atoms with Crippen LogP contribution in [0.3, 0.4) is 0 Å². The van der Waals surface area contributed by atoms with Crippen molar-refractivity contribution < 1.29 is 93.3 Å². The predicted molar refractivity (Wildman–Crippen MR) is 59.1 cm³/mol. The van der Waals surface area contributed by atoms with Crippen LogP contribution in [-0.2, 0) is 9.47 Å². The first-order valence-electron chi connectivity index (χ1n) is 6.80. The molecule has 0 radical (unpaired) electrons. The van der Waals surface area contributed by atoms with Crippen molar-refractivity contribution in [3.8, 4) is 0 Å². The van der Waals surface area contributed by atoms with Crippen molar-refractivity contribution in [3.63, 3.8) is 0 Å². The van der Waals surface area contributed by atoms with E-state index in [1.165, 1.54) is 0 Å². The third-order valence-electron chi connectivity index (χ3n) is 3.16. The molecular formula is C11H4F18O3. The maximum atomic E-state index is 13.1. The topological polar surface area (TPSA) is 35.5 Å². The molecule has 0 rings (SSSR count). The predicted octanol–water partition coefficient (Wildman–Crippen LogP) is 6.08. The van der Waals surface area contributed by atoms with Crippen LogP contribution in [-0.4, -0.2) is 67.3 Å². The quantitative estimate of drug-likeness (QED) is 0.285. The van der Waals surface area contributed by atoms with Gasteiger partial charge in [0, 0.05) is 0 Å². The number of ether oxygens (including phenoxy) is 2. The first-order valence-corrected chi connectivity index (χ1v) is 6.80. The monoisotopic (exact) mass is 526 g/mol. The highest BCUT2D eigenvalue weighted by atomic mass is 19.4. The van der Waals surface area contributed by atoms with E-state index < -0.39 is 67.3 Å². The van der Waals surface area contributed by atoms with Crippen LogP contribution in [0.5, 0.6) is 0 Å². The number of rotatable bonds is 8. The van der Waals surface area contributed by atoms with Gasteiger partial charge >= 0.3 is 54.0 Å². The van der Waals surface area contributed by atoms with E-state index in [4.69, 9.17) is 0 Å². The lowest BCUT2D eigenvalue weighted by molar-refractivity contribution is -0.423. The molecule has 0 fully saturated rings. The minimum absolute atomic E-state index is 2.77. The third-order valence-corrected chi connectivity index (χ3v) is 3.16. The zero-order valence-electron chi connectivity index (χ0n) is 13.9. The summed E-state index contributed by atoms with van der Waals surface area (Å²) >= 11 is 0. The van der Waals surface area contributed by atoms with Crippen LogP contribution >= 0.6 is 0 Å². The lowest BCUT2D eigenvalue weighted by Gasteiger charge is -2.36. The third kappa shape index (κ3) is 4.99. The van der Waals surface area contributed by atoms with Gasteiger partial charge in [-0.1, -0.05) is 0 Å². The molecule has 0 saturated heterocycles. The summed E-state index contributed by atoms with van der Waals surface area (Å²) in [5, 5.41) is 0. The summed E-state index contributed by atoms with van der Waals surface area (Å²) in [4.78, 5) is 10.6. The Morgan fingerprint density at radius 3 is 1.00 bits per heavy atom. The minimum Gasteiger partial charge on any atom is -0.428 e. The molecular weight excluding hydrogens is 522 g/mol. The Labute approximate surface area is 162 Å². The Bertz CT molecular complexity index is 675. The molecule has 0 aliphatic rings. The van der Waals surface area contributed by atoms with Crippen LogP contribution in [0.25, 0.3) is 0 Å². The molecule has 192 valence electrons. The van der Waals surface area contributed by atoms with Crippen LogP contribution in [0.1, 0.15) is 0 Å². The maximum absolute atomic E-state index is 13.1. The second-order valence-electron chi connectivity index (χ2n) is 5.53. The molecule has 0 saturated carbocycles. The standard InChI is InChI=1S/C11H4F18O3/c12-4(13,6(16,17)8(20,21)9(22,23)11(27,28)29)1-31-3(30)32-2-5(14,15)7(18,19)10(24,25)26/h1-2H2. The van der Waals surface area contributed by atoms with E-state index in [2.05, 4.69) is 9.47 Å². The van der Waals surface area contributed by atoms with E-state index in [0.717, 1.165) is 0 Å². The maximum Gasteiger partial charge on any atom is 0.508 e. The number of carbonyl (C=O) groups excluding carboxylic acids is 1. The zero-order valence-corrected chi connectivity index (χ0v) is 13.9. The van der Waals surface area contributed by atoms with E-state index in [1.807, 2.05) is 0 Å².